The summed E-state index contributed by atoms with van der Waals surface area (Å²) in [4.78, 5) is 28.3. The van der Waals surface area contributed by atoms with Gasteiger partial charge in [-0.15, -0.1) is 23.5 Å². The lowest BCUT2D eigenvalue weighted by molar-refractivity contribution is -0.135. The molecule has 2 aromatic carbocycles. The first-order valence-electron chi connectivity index (χ1n) is 9.02. The Hall–Kier alpha value is -2.63. The van der Waals surface area contributed by atoms with Gasteiger partial charge < -0.3 is 15.0 Å². The molecule has 150 valence electrons. The van der Waals surface area contributed by atoms with Crippen molar-refractivity contribution in [3.05, 3.63) is 54.1 Å². The van der Waals surface area contributed by atoms with E-state index >= 15 is 0 Å². The Balaban J connectivity index is 1.62. The minimum absolute atomic E-state index is 0.0594. The Morgan fingerprint density at radius 1 is 1.24 bits per heavy atom. The molecule has 2 atom stereocenters. The number of hydrogen-bond acceptors (Lipinski definition) is 6. The van der Waals surface area contributed by atoms with Gasteiger partial charge in [-0.05, 0) is 55.5 Å². The predicted molar refractivity (Wildman–Crippen MR) is 116 cm³/mol. The van der Waals surface area contributed by atoms with Crippen molar-refractivity contribution in [1.29, 1.82) is 5.26 Å². The van der Waals surface area contributed by atoms with Crippen molar-refractivity contribution in [1.82, 2.24) is 4.90 Å². The normalized spacial score (nSPS) is 16.7. The highest BCUT2D eigenvalue weighted by Gasteiger charge is 2.36. The highest BCUT2D eigenvalue weighted by molar-refractivity contribution is 8.00. The number of nitrogens with one attached hydrogen (secondary N) is 1. The van der Waals surface area contributed by atoms with Crippen molar-refractivity contribution in [2.45, 2.75) is 23.1 Å². The third-order valence-corrected chi connectivity index (χ3v) is 6.58. The van der Waals surface area contributed by atoms with Gasteiger partial charge in [0.15, 0.2) is 0 Å². The van der Waals surface area contributed by atoms with Crippen LogP contribution < -0.4 is 10.1 Å². The number of anilines is 1. The van der Waals surface area contributed by atoms with E-state index in [1.165, 1.54) is 11.8 Å². The molecule has 3 rings (SSSR count). The number of nitrogens with zero attached hydrogens (tertiary/aromatic N) is 2. The lowest BCUT2D eigenvalue weighted by atomic mass is 10.2. The van der Waals surface area contributed by atoms with Gasteiger partial charge in [0.25, 0.3) is 0 Å². The zero-order valence-electron chi connectivity index (χ0n) is 16.1. The largest absolute Gasteiger partial charge is 0.497 e. The first-order chi connectivity index (χ1) is 14.0. The van der Waals surface area contributed by atoms with E-state index < -0.39 is 6.04 Å². The number of nitriles is 1. The van der Waals surface area contributed by atoms with Crippen LogP contribution in [0.2, 0.25) is 0 Å². The van der Waals surface area contributed by atoms with E-state index in [1.54, 1.807) is 48.0 Å². The fraction of sp³-hybridized carbons (Fsp3) is 0.286. The molecule has 0 aliphatic carbocycles. The Morgan fingerprint density at radius 2 is 1.93 bits per heavy atom. The second kappa shape index (κ2) is 9.72. The van der Waals surface area contributed by atoms with Gasteiger partial charge in [-0.3, -0.25) is 9.59 Å². The number of carbonyl (C=O) groups excluding carboxylic acids is 2. The predicted octanol–water partition coefficient (Wildman–Crippen LogP) is 3.59. The molecule has 0 radical (unpaired) electrons. The Labute approximate surface area is 178 Å². The lowest BCUT2D eigenvalue weighted by Gasteiger charge is -2.25. The molecular formula is C21H21N3O3S2. The van der Waals surface area contributed by atoms with Crippen LogP contribution in [-0.4, -0.2) is 46.7 Å². The zero-order valence-corrected chi connectivity index (χ0v) is 17.8. The first-order valence-corrected chi connectivity index (χ1v) is 11.0. The summed E-state index contributed by atoms with van der Waals surface area (Å²) in [6, 6.07) is 15.8. The molecule has 1 fully saturated rings. The molecule has 6 nitrogen and oxygen atoms in total. The summed E-state index contributed by atoms with van der Waals surface area (Å²) in [5.74, 6) is 1.56. The van der Waals surface area contributed by atoms with E-state index in [4.69, 9.17) is 10.00 Å². The number of benzene rings is 2. The number of thioether (sulfide) groups is 2. The molecular weight excluding hydrogens is 406 g/mol. The van der Waals surface area contributed by atoms with Gasteiger partial charge in [-0.1, -0.05) is 0 Å². The third kappa shape index (κ3) is 5.25. The minimum Gasteiger partial charge on any atom is -0.497 e. The first kappa shape index (κ1) is 21.1. The molecule has 1 saturated heterocycles. The fourth-order valence-corrected chi connectivity index (χ4v) is 4.97. The van der Waals surface area contributed by atoms with Gasteiger partial charge >= 0.3 is 0 Å². The Morgan fingerprint density at radius 3 is 2.55 bits per heavy atom. The van der Waals surface area contributed by atoms with E-state index in [2.05, 4.69) is 5.32 Å². The number of methoxy groups -OCH3 is 1. The standard InChI is InChI=1S/C21H21N3O3S2/c1-14(29-18-9-7-17(27-2)8-10-18)21(26)24-13-28-12-19(24)20(25)23-16-5-3-15(11-22)4-6-16/h3-10,14,19H,12-13H2,1-2H3,(H,23,25). The molecule has 1 heterocycles. The maximum Gasteiger partial charge on any atom is 0.248 e. The van der Waals surface area contributed by atoms with E-state index in [0.717, 1.165) is 10.6 Å². The molecule has 0 aromatic heterocycles. The van der Waals surface area contributed by atoms with Crippen molar-refractivity contribution in [3.63, 3.8) is 0 Å². The van der Waals surface area contributed by atoms with Crippen molar-refractivity contribution >= 4 is 41.0 Å². The Kier molecular flexibility index (Phi) is 7.07. The monoisotopic (exact) mass is 427 g/mol. The van der Waals surface area contributed by atoms with Crippen LogP contribution in [0.1, 0.15) is 12.5 Å². The summed E-state index contributed by atoms with van der Waals surface area (Å²) in [5, 5.41) is 11.4. The number of hydrogen-bond donors (Lipinski definition) is 1. The van der Waals surface area contributed by atoms with Gasteiger partial charge in [0, 0.05) is 16.3 Å². The van der Waals surface area contributed by atoms with Crippen molar-refractivity contribution in [2.75, 3.05) is 24.1 Å². The van der Waals surface area contributed by atoms with Crippen LogP contribution in [0.4, 0.5) is 5.69 Å². The van der Waals surface area contributed by atoms with Crippen LogP contribution in [-0.2, 0) is 9.59 Å². The molecule has 2 unspecified atom stereocenters. The molecule has 2 aromatic rings. The summed E-state index contributed by atoms with van der Waals surface area (Å²) >= 11 is 3.03. The zero-order chi connectivity index (χ0) is 20.8. The maximum absolute atomic E-state index is 13.0. The average Bonchev–Trinajstić information content (AvgIpc) is 3.24. The fourth-order valence-electron chi connectivity index (χ4n) is 2.87. The number of rotatable bonds is 6. The number of amides is 2. The number of carbonyl (C=O) groups is 2. The summed E-state index contributed by atoms with van der Waals surface area (Å²) in [6.45, 7) is 1.86. The SMILES string of the molecule is COc1ccc(SC(C)C(=O)N2CSCC2C(=O)Nc2ccc(C#N)cc2)cc1. The summed E-state index contributed by atoms with van der Waals surface area (Å²) in [6.07, 6.45) is 0. The molecule has 8 heteroatoms. The summed E-state index contributed by atoms with van der Waals surface area (Å²) in [7, 11) is 1.61. The van der Waals surface area contributed by atoms with E-state index in [9.17, 15) is 9.59 Å². The minimum atomic E-state index is -0.512. The van der Waals surface area contributed by atoms with E-state index in [1.807, 2.05) is 37.3 Å². The highest BCUT2D eigenvalue weighted by Crippen LogP contribution is 2.30. The second-order valence-electron chi connectivity index (χ2n) is 6.44. The van der Waals surface area contributed by atoms with E-state index in [-0.39, 0.29) is 17.1 Å². The quantitative estimate of drug-likeness (QED) is 0.710. The third-order valence-electron chi connectivity index (χ3n) is 4.47. The van der Waals surface area contributed by atoms with Crippen molar-refractivity contribution < 1.29 is 14.3 Å². The maximum atomic E-state index is 13.0. The van der Waals surface area contributed by atoms with Crippen LogP contribution >= 0.6 is 23.5 Å². The topological polar surface area (TPSA) is 82.4 Å². The van der Waals surface area contributed by atoms with Crippen LogP contribution in [0, 0.1) is 11.3 Å². The molecule has 0 bridgehead atoms. The van der Waals surface area contributed by atoms with Gasteiger partial charge in [-0.25, -0.2) is 0 Å². The van der Waals surface area contributed by atoms with Gasteiger partial charge in [0.1, 0.15) is 11.8 Å². The molecule has 29 heavy (non-hydrogen) atoms. The smallest absolute Gasteiger partial charge is 0.248 e. The van der Waals surface area contributed by atoms with E-state index in [0.29, 0.717) is 22.9 Å². The molecule has 0 saturated carbocycles. The van der Waals surface area contributed by atoms with Crippen LogP contribution in [0.3, 0.4) is 0 Å². The summed E-state index contributed by atoms with van der Waals surface area (Å²) < 4.78 is 5.16. The van der Waals surface area contributed by atoms with Gasteiger partial charge in [0.2, 0.25) is 11.8 Å². The summed E-state index contributed by atoms with van der Waals surface area (Å²) in [5.41, 5.74) is 1.14. The van der Waals surface area contributed by atoms with Gasteiger partial charge in [-0.2, -0.15) is 5.26 Å². The van der Waals surface area contributed by atoms with Gasteiger partial charge in [0.05, 0.1) is 29.9 Å². The molecule has 1 N–H and O–H groups in total. The van der Waals surface area contributed by atoms with Crippen LogP contribution in [0.5, 0.6) is 5.75 Å². The lowest BCUT2D eigenvalue weighted by Crippen LogP contribution is -2.47. The van der Waals surface area contributed by atoms with Crippen molar-refractivity contribution in [2.24, 2.45) is 0 Å². The number of ether oxygens (including phenoxy) is 1. The van der Waals surface area contributed by atoms with Crippen molar-refractivity contribution in [3.8, 4) is 11.8 Å². The molecule has 2 amide bonds. The van der Waals surface area contributed by atoms with Crippen LogP contribution in [0.15, 0.2) is 53.4 Å². The highest BCUT2D eigenvalue weighted by atomic mass is 32.2. The molecule has 1 aliphatic heterocycles. The second-order valence-corrected chi connectivity index (χ2v) is 8.85. The Bertz CT molecular complexity index is 910. The average molecular weight is 428 g/mol. The van der Waals surface area contributed by atoms with Crippen LogP contribution in [0.25, 0.3) is 0 Å². The molecule has 1 aliphatic rings. The molecule has 0 spiro atoms.